The van der Waals surface area contributed by atoms with Crippen LogP contribution in [-0.2, 0) is 13.5 Å². The molecule has 0 radical (unpaired) electrons. The number of rotatable bonds is 7. The van der Waals surface area contributed by atoms with E-state index in [2.05, 4.69) is 17.0 Å². The number of aromatic nitrogens is 3. The predicted octanol–water partition coefficient (Wildman–Crippen LogP) is 1.66. The summed E-state index contributed by atoms with van der Waals surface area (Å²) in [7, 11) is 1.91. The van der Waals surface area contributed by atoms with Gasteiger partial charge >= 0.3 is 0 Å². The van der Waals surface area contributed by atoms with Crippen LogP contribution in [0.4, 0.5) is 0 Å². The second-order valence-electron chi connectivity index (χ2n) is 4.11. The molecule has 1 atom stereocenters. The van der Waals surface area contributed by atoms with E-state index >= 15 is 0 Å². The lowest BCUT2D eigenvalue weighted by atomic mass is 10.1. The summed E-state index contributed by atoms with van der Waals surface area (Å²) in [6, 6.07) is 0.227. The van der Waals surface area contributed by atoms with Gasteiger partial charge in [-0.15, -0.1) is 0 Å². The van der Waals surface area contributed by atoms with Crippen LogP contribution in [0.3, 0.4) is 0 Å². The summed E-state index contributed by atoms with van der Waals surface area (Å²) in [5, 5.41) is 4.03. The first-order chi connectivity index (χ1) is 7.24. The van der Waals surface area contributed by atoms with Crippen molar-refractivity contribution in [2.24, 2.45) is 12.8 Å². The van der Waals surface area contributed by atoms with Crippen LogP contribution in [0.15, 0.2) is 6.33 Å². The molecule has 0 aliphatic carbocycles. The molecule has 0 saturated heterocycles. The number of nitrogens with zero attached hydrogens (tertiary/aromatic N) is 3. The smallest absolute Gasteiger partial charge is 0.138 e. The third-order valence-electron chi connectivity index (χ3n) is 2.68. The summed E-state index contributed by atoms with van der Waals surface area (Å²) < 4.78 is 1.80. The van der Waals surface area contributed by atoms with Crippen molar-refractivity contribution in [3.05, 3.63) is 12.2 Å². The van der Waals surface area contributed by atoms with Gasteiger partial charge < -0.3 is 5.73 Å². The zero-order valence-electron chi connectivity index (χ0n) is 9.82. The molecule has 0 saturated carbocycles. The molecule has 0 bridgehead atoms. The third kappa shape index (κ3) is 4.42. The van der Waals surface area contributed by atoms with Gasteiger partial charge in [0.05, 0.1) is 0 Å². The van der Waals surface area contributed by atoms with E-state index in [4.69, 9.17) is 5.73 Å². The van der Waals surface area contributed by atoms with E-state index in [9.17, 15) is 0 Å². The molecule has 1 aromatic rings. The highest BCUT2D eigenvalue weighted by Crippen LogP contribution is 2.07. The molecule has 4 heteroatoms. The highest BCUT2D eigenvalue weighted by atomic mass is 15.3. The van der Waals surface area contributed by atoms with Crippen molar-refractivity contribution in [1.29, 1.82) is 0 Å². The number of unbranched alkanes of at least 4 members (excludes halogenated alkanes) is 3. The van der Waals surface area contributed by atoms with Crippen LogP contribution in [0.25, 0.3) is 0 Å². The fourth-order valence-corrected chi connectivity index (χ4v) is 1.67. The van der Waals surface area contributed by atoms with Crippen LogP contribution < -0.4 is 5.73 Å². The van der Waals surface area contributed by atoms with Crippen molar-refractivity contribution < 1.29 is 0 Å². The Morgan fingerprint density at radius 1 is 1.40 bits per heavy atom. The molecular formula is C11H22N4. The van der Waals surface area contributed by atoms with E-state index in [1.165, 1.54) is 25.7 Å². The molecular weight excluding hydrogens is 188 g/mol. The van der Waals surface area contributed by atoms with Gasteiger partial charge in [-0.1, -0.05) is 32.6 Å². The molecule has 0 amide bonds. The van der Waals surface area contributed by atoms with Crippen LogP contribution in [0.1, 0.15) is 44.9 Å². The Labute approximate surface area is 91.9 Å². The second-order valence-corrected chi connectivity index (χ2v) is 4.11. The Bertz CT molecular complexity index is 269. The molecule has 0 aliphatic rings. The van der Waals surface area contributed by atoms with Crippen LogP contribution in [-0.4, -0.2) is 20.8 Å². The van der Waals surface area contributed by atoms with E-state index in [1.54, 1.807) is 11.0 Å². The highest BCUT2D eigenvalue weighted by Gasteiger charge is 2.07. The minimum absolute atomic E-state index is 0.227. The van der Waals surface area contributed by atoms with Gasteiger partial charge in [-0.05, 0) is 6.42 Å². The first kappa shape index (κ1) is 12.2. The fraction of sp³-hybridized carbons (Fsp3) is 0.818. The normalized spacial score (nSPS) is 13.0. The summed E-state index contributed by atoms with van der Waals surface area (Å²) in [6.07, 6.45) is 8.62. The van der Waals surface area contributed by atoms with E-state index in [0.717, 1.165) is 18.7 Å². The second kappa shape index (κ2) is 6.56. The molecule has 1 heterocycles. The molecule has 0 aromatic carbocycles. The number of hydrogen-bond donors (Lipinski definition) is 1. The zero-order valence-corrected chi connectivity index (χ0v) is 9.82. The van der Waals surface area contributed by atoms with Gasteiger partial charge in [0.25, 0.3) is 0 Å². The zero-order chi connectivity index (χ0) is 11.1. The minimum Gasteiger partial charge on any atom is -0.327 e. The number of aryl methyl sites for hydroxylation is 1. The molecule has 1 aromatic heterocycles. The van der Waals surface area contributed by atoms with E-state index in [1.807, 2.05) is 7.05 Å². The summed E-state index contributed by atoms with van der Waals surface area (Å²) in [4.78, 5) is 4.17. The summed E-state index contributed by atoms with van der Waals surface area (Å²) in [5.41, 5.74) is 6.03. The first-order valence-electron chi connectivity index (χ1n) is 5.82. The topological polar surface area (TPSA) is 56.7 Å². The third-order valence-corrected chi connectivity index (χ3v) is 2.68. The monoisotopic (exact) mass is 210 g/mol. The van der Waals surface area contributed by atoms with Crippen LogP contribution in [0.5, 0.6) is 0 Å². The van der Waals surface area contributed by atoms with Crippen molar-refractivity contribution in [2.75, 3.05) is 0 Å². The average Bonchev–Trinajstić information content (AvgIpc) is 2.59. The molecule has 2 N–H and O–H groups in total. The quantitative estimate of drug-likeness (QED) is 0.696. The molecule has 0 fully saturated rings. The van der Waals surface area contributed by atoms with Gasteiger partial charge in [0, 0.05) is 19.5 Å². The van der Waals surface area contributed by atoms with Crippen molar-refractivity contribution in [1.82, 2.24) is 14.8 Å². The molecule has 1 unspecified atom stereocenters. The fourth-order valence-electron chi connectivity index (χ4n) is 1.67. The summed E-state index contributed by atoms with van der Waals surface area (Å²) >= 11 is 0. The Balaban J connectivity index is 2.18. The van der Waals surface area contributed by atoms with Crippen molar-refractivity contribution in [3.8, 4) is 0 Å². The standard InChI is InChI=1S/C11H22N4/c1-3-4-5-6-7-10(12)8-11-13-9-14-15(11)2/h9-10H,3-8,12H2,1-2H3. The van der Waals surface area contributed by atoms with Crippen LogP contribution >= 0.6 is 0 Å². The van der Waals surface area contributed by atoms with Gasteiger partial charge in [0.15, 0.2) is 0 Å². The van der Waals surface area contributed by atoms with Crippen molar-refractivity contribution >= 4 is 0 Å². The van der Waals surface area contributed by atoms with Gasteiger partial charge in [0.1, 0.15) is 12.2 Å². The molecule has 0 aliphatic heterocycles. The molecule has 1 rings (SSSR count). The lowest BCUT2D eigenvalue weighted by Crippen LogP contribution is -2.24. The Hall–Kier alpha value is -0.900. The van der Waals surface area contributed by atoms with Gasteiger partial charge in [-0.3, -0.25) is 4.68 Å². The largest absolute Gasteiger partial charge is 0.327 e. The van der Waals surface area contributed by atoms with Gasteiger partial charge in [-0.25, -0.2) is 4.98 Å². The maximum atomic E-state index is 6.03. The predicted molar refractivity (Wildman–Crippen MR) is 61.4 cm³/mol. The highest BCUT2D eigenvalue weighted by molar-refractivity contribution is 4.87. The summed E-state index contributed by atoms with van der Waals surface area (Å²) in [6.45, 7) is 2.22. The number of hydrogen-bond acceptors (Lipinski definition) is 3. The molecule has 86 valence electrons. The van der Waals surface area contributed by atoms with Crippen LogP contribution in [0.2, 0.25) is 0 Å². The SMILES string of the molecule is CCCCCCC(N)Cc1ncnn1C. The Morgan fingerprint density at radius 2 is 2.20 bits per heavy atom. The lowest BCUT2D eigenvalue weighted by Gasteiger charge is -2.10. The summed E-state index contributed by atoms with van der Waals surface area (Å²) in [5.74, 6) is 0.984. The van der Waals surface area contributed by atoms with Crippen molar-refractivity contribution in [2.45, 2.75) is 51.5 Å². The maximum absolute atomic E-state index is 6.03. The molecule has 4 nitrogen and oxygen atoms in total. The van der Waals surface area contributed by atoms with Crippen LogP contribution in [0, 0.1) is 0 Å². The van der Waals surface area contributed by atoms with Crippen molar-refractivity contribution in [3.63, 3.8) is 0 Å². The number of nitrogens with two attached hydrogens (primary N) is 1. The Morgan fingerprint density at radius 3 is 2.80 bits per heavy atom. The maximum Gasteiger partial charge on any atom is 0.138 e. The van der Waals surface area contributed by atoms with Gasteiger partial charge in [0.2, 0.25) is 0 Å². The molecule has 0 spiro atoms. The molecule has 15 heavy (non-hydrogen) atoms. The first-order valence-corrected chi connectivity index (χ1v) is 5.82. The average molecular weight is 210 g/mol. The Kier molecular flexibility index (Phi) is 5.32. The lowest BCUT2D eigenvalue weighted by molar-refractivity contribution is 0.526. The van der Waals surface area contributed by atoms with E-state index < -0.39 is 0 Å². The van der Waals surface area contributed by atoms with Gasteiger partial charge in [-0.2, -0.15) is 5.10 Å². The van der Waals surface area contributed by atoms with E-state index in [0.29, 0.717) is 0 Å². The van der Waals surface area contributed by atoms with E-state index in [-0.39, 0.29) is 6.04 Å². The minimum atomic E-state index is 0.227.